The van der Waals surface area contributed by atoms with Crippen molar-refractivity contribution in [2.75, 3.05) is 24.7 Å². The molecular formula is C21H19N5O9S2. The molecule has 0 saturated carbocycles. The van der Waals surface area contributed by atoms with Gasteiger partial charge in [-0.3, -0.25) is 14.5 Å². The lowest BCUT2D eigenvalue weighted by Gasteiger charge is -2.49. The summed E-state index contributed by atoms with van der Waals surface area (Å²) in [4.78, 5) is 69.3. The Hall–Kier alpha value is -4.36. The Morgan fingerprint density at radius 1 is 1.38 bits per heavy atom. The molecule has 16 heteroatoms. The molecule has 5 N–H and O–H groups in total. The van der Waals surface area contributed by atoms with E-state index in [0.717, 1.165) is 16.2 Å². The lowest BCUT2D eigenvalue weighted by atomic mass is 10.0. The number of hydrogen-bond donors (Lipinski definition) is 4. The van der Waals surface area contributed by atoms with Crippen molar-refractivity contribution < 1.29 is 43.8 Å². The summed E-state index contributed by atoms with van der Waals surface area (Å²) in [5, 5.41) is 25.2. The average Bonchev–Trinajstić information content (AvgIpc) is 3.27. The summed E-state index contributed by atoms with van der Waals surface area (Å²) in [6, 6.07) is -1.10. The predicted molar refractivity (Wildman–Crippen MR) is 130 cm³/mol. The first kappa shape index (κ1) is 27.2. The van der Waals surface area contributed by atoms with Crippen LogP contribution in [0.25, 0.3) is 0 Å². The highest BCUT2D eigenvalue weighted by molar-refractivity contribution is 8.00. The molecule has 3 heterocycles. The molecule has 1 fully saturated rings. The van der Waals surface area contributed by atoms with Gasteiger partial charge in [0, 0.05) is 17.1 Å². The van der Waals surface area contributed by atoms with E-state index in [0.29, 0.717) is 0 Å². The summed E-state index contributed by atoms with van der Waals surface area (Å²) in [5.41, 5.74) is 5.20. The fourth-order valence-electron chi connectivity index (χ4n) is 3.14. The molecule has 2 atom stereocenters. The third-order valence-corrected chi connectivity index (χ3v) is 6.60. The lowest BCUT2D eigenvalue weighted by Crippen LogP contribution is -2.71. The summed E-state index contributed by atoms with van der Waals surface area (Å²) < 4.78 is 4.67. The van der Waals surface area contributed by atoms with Gasteiger partial charge in [0.25, 0.3) is 11.8 Å². The number of β-lactam (4-membered cyclic amide) rings is 1. The van der Waals surface area contributed by atoms with Crippen LogP contribution in [0.15, 0.2) is 34.0 Å². The molecule has 1 aromatic rings. The van der Waals surface area contributed by atoms with Crippen LogP contribution in [0.5, 0.6) is 0 Å². The van der Waals surface area contributed by atoms with Gasteiger partial charge in [-0.05, 0) is 24.6 Å². The Morgan fingerprint density at radius 3 is 2.76 bits per heavy atom. The molecule has 0 spiro atoms. The van der Waals surface area contributed by atoms with E-state index < -0.39 is 53.5 Å². The highest BCUT2D eigenvalue weighted by atomic mass is 32.2. The first-order valence-electron chi connectivity index (χ1n) is 10.3. The second-order valence-corrected chi connectivity index (χ2v) is 9.04. The molecule has 0 bridgehead atoms. The molecule has 3 rings (SSSR count). The number of esters is 1. The van der Waals surface area contributed by atoms with Gasteiger partial charge in [0.1, 0.15) is 22.8 Å². The number of carboxylic acid groups (broad SMARTS) is 2. The molecule has 2 aliphatic heterocycles. The van der Waals surface area contributed by atoms with E-state index in [1.165, 1.54) is 29.3 Å². The van der Waals surface area contributed by atoms with Gasteiger partial charge in [0.2, 0.25) is 6.61 Å². The predicted octanol–water partition coefficient (Wildman–Crippen LogP) is -0.608. The Morgan fingerprint density at radius 2 is 2.14 bits per heavy atom. The minimum atomic E-state index is -1.36. The van der Waals surface area contributed by atoms with Crippen molar-refractivity contribution in [1.29, 1.82) is 0 Å². The Labute approximate surface area is 217 Å². The number of hydrogen-bond acceptors (Lipinski definition) is 12. The SMILES string of the molecule is CCOC(=O)C#CC=CC1=C(C(=O)O)N2C(=O)[C@@H](NC(=O)C(=NOCC(=O)O)c3csc(N)n3)[C@H]2SC1. The number of oxime groups is 1. The maximum Gasteiger partial charge on any atom is 0.384 e. The van der Waals surface area contributed by atoms with Gasteiger partial charge < -0.3 is 30.8 Å². The van der Waals surface area contributed by atoms with Gasteiger partial charge in [0.05, 0.1) is 6.61 Å². The molecule has 2 aliphatic rings. The zero-order chi connectivity index (χ0) is 27.1. The topological polar surface area (TPSA) is 211 Å². The fraction of sp³-hybridized carbons (Fsp3) is 0.286. The van der Waals surface area contributed by atoms with Crippen LogP contribution < -0.4 is 11.1 Å². The van der Waals surface area contributed by atoms with Crippen LogP contribution in [-0.4, -0.2) is 85.9 Å². The number of nitrogens with two attached hydrogens (primary N) is 1. The van der Waals surface area contributed by atoms with Crippen molar-refractivity contribution in [3.8, 4) is 11.8 Å². The molecule has 2 amide bonds. The number of fused-ring (bicyclic) bond motifs is 1. The number of anilines is 1. The van der Waals surface area contributed by atoms with Crippen LogP contribution >= 0.6 is 23.1 Å². The first-order valence-corrected chi connectivity index (χ1v) is 12.3. The summed E-state index contributed by atoms with van der Waals surface area (Å²) in [7, 11) is 0. The molecule has 0 aromatic carbocycles. The molecule has 194 valence electrons. The average molecular weight is 550 g/mol. The van der Waals surface area contributed by atoms with Crippen molar-refractivity contribution in [1.82, 2.24) is 15.2 Å². The van der Waals surface area contributed by atoms with Crippen molar-refractivity contribution >= 4 is 63.7 Å². The van der Waals surface area contributed by atoms with Crippen molar-refractivity contribution in [3.05, 3.63) is 34.5 Å². The first-order chi connectivity index (χ1) is 17.6. The molecule has 1 saturated heterocycles. The Kier molecular flexibility index (Phi) is 8.87. The molecule has 0 unspecified atom stereocenters. The largest absolute Gasteiger partial charge is 0.479 e. The maximum absolute atomic E-state index is 12.9. The number of carbonyl (C=O) groups excluding carboxylic acids is 3. The van der Waals surface area contributed by atoms with Gasteiger partial charge in [-0.1, -0.05) is 11.1 Å². The molecule has 37 heavy (non-hydrogen) atoms. The molecule has 1 aromatic heterocycles. The van der Waals surface area contributed by atoms with Crippen LogP contribution in [0.1, 0.15) is 12.6 Å². The number of nitrogen functional groups attached to an aromatic ring is 1. The highest BCUT2D eigenvalue weighted by Gasteiger charge is 2.54. The molecule has 14 nitrogen and oxygen atoms in total. The van der Waals surface area contributed by atoms with E-state index in [-0.39, 0.29) is 34.5 Å². The number of nitrogens with one attached hydrogen (secondary N) is 1. The second-order valence-electron chi connectivity index (χ2n) is 7.04. The van der Waals surface area contributed by atoms with Crippen LogP contribution in [-0.2, 0) is 33.5 Å². The lowest BCUT2D eigenvalue weighted by molar-refractivity contribution is -0.150. The minimum Gasteiger partial charge on any atom is -0.479 e. The fourth-order valence-corrected chi connectivity index (χ4v) is 5.01. The van der Waals surface area contributed by atoms with Crippen LogP contribution in [0.4, 0.5) is 5.13 Å². The number of allylic oxidation sites excluding steroid dienone is 2. The van der Waals surface area contributed by atoms with Crippen LogP contribution in [0, 0.1) is 11.8 Å². The smallest absolute Gasteiger partial charge is 0.384 e. The third-order valence-electron chi connectivity index (χ3n) is 4.63. The zero-order valence-corrected chi connectivity index (χ0v) is 20.6. The number of thiazole rings is 1. The van der Waals surface area contributed by atoms with E-state index in [2.05, 4.69) is 36.9 Å². The molecular weight excluding hydrogens is 530 g/mol. The number of carboxylic acids is 2. The number of ether oxygens (including phenoxy) is 1. The van der Waals surface area contributed by atoms with Crippen molar-refractivity contribution in [3.63, 3.8) is 0 Å². The van der Waals surface area contributed by atoms with Gasteiger partial charge in [-0.15, -0.1) is 23.1 Å². The quantitative estimate of drug-likeness (QED) is 0.0759. The number of aromatic nitrogens is 1. The van der Waals surface area contributed by atoms with Gasteiger partial charge >= 0.3 is 17.9 Å². The maximum atomic E-state index is 12.9. The van der Waals surface area contributed by atoms with Gasteiger partial charge in [0.15, 0.2) is 10.8 Å². The highest BCUT2D eigenvalue weighted by Crippen LogP contribution is 2.40. The van der Waals surface area contributed by atoms with Crippen molar-refractivity contribution in [2.24, 2.45) is 5.16 Å². The number of nitrogens with zero attached hydrogens (tertiary/aromatic N) is 3. The van der Waals surface area contributed by atoms with E-state index in [1.54, 1.807) is 6.92 Å². The van der Waals surface area contributed by atoms with E-state index in [4.69, 9.17) is 10.8 Å². The standard InChI is InChI=1S/C21H19N5O9S2/c1-2-34-13(29)6-4-3-5-10-8-36-19-15(18(31)26(19)16(10)20(32)33)24-17(30)14(25-35-7-12(27)28)11-9-37-21(22)23-11/h3,5,9,15,19H,2,7-8H2,1H3,(H2,22,23)(H,24,30)(H,27,28)(H,32,33)/t15-,19-/m1/s1. The normalized spacial score (nSPS) is 18.9. The number of aliphatic carboxylic acids is 2. The number of rotatable bonds is 9. The van der Waals surface area contributed by atoms with E-state index >= 15 is 0 Å². The number of carbonyl (C=O) groups is 5. The number of thioether (sulfide) groups is 1. The molecule has 0 radical (unpaired) electrons. The second kappa shape index (κ2) is 12.1. The zero-order valence-electron chi connectivity index (χ0n) is 19.0. The Bertz CT molecular complexity index is 1290. The van der Waals surface area contributed by atoms with E-state index in [9.17, 15) is 29.1 Å². The van der Waals surface area contributed by atoms with Crippen LogP contribution in [0.2, 0.25) is 0 Å². The third kappa shape index (κ3) is 6.45. The summed E-state index contributed by atoms with van der Waals surface area (Å²) >= 11 is 2.20. The summed E-state index contributed by atoms with van der Waals surface area (Å²) in [6.45, 7) is 0.974. The Balaban J connectivity index is 1.77. The number of amides is 2. The van der Waals surface area contributed by atoms with Crippen molar-refractivity contribution in [2.45, 2.75) is 18.3 Å². The van der Waals surface area contributed by atoms with Crippen LogP contribution in [0.3, 0.4) is 0 Å². The van der Waals surface area contributed by atoms with Gasteiger partial charge in [-0.25, -0.2) is 19.4 Å². The summed E-state index contributed by atoms with van der Waals surface area (Å²) in [6.07, 6.45) is 2.66. The van der Waals surface area contributed by atoms with E-state index in [1.807, 2.05) is 0 Å². The van der Waals surface area contributed by atoms with Gasteiger partial charge in [-0.2, -0.15) is 0 Å². The molecule has 0 aliphatic carbocycles. The minimum absolute atomic E-state index is 0.00721. The summed E-state index contributed by atoms with van der Waals surface area (Å²) in [5.74, 6) is -0.161. The monoisotopic (exact) mass is 549 g/mol.